The van der Waals surface area contributed by atoms with E-state index in [2.05, 4.69) is 5.10 Å². The van der Waals surface area contributed by atoms with Crippen LogP contribution in [0.1, 0.15) is 21.7 Å². The fraction of sp³-hybridized carbons (Fsp3) is 0.231. The van der Waals surface area contributed by atoms with E-state index >= 15 is 0 Å². The van der Waals surface area contributed by atoms with Gasteiger partial charge in [0.1, 0.15) is 0 Å². The first-order valence-electron chi connectivity index (χ1n) is 6.05. The summed E-state index contributed by atoms with van der Waals surface area (Å²) in [7, 11) is 0. The van der Waals surface area contributed by atoms with Crippen molar-refractivity contribution in [3.05, 3.63) is 44.2 Å². The highest BCUT2D eigenvalue weighted by Crippen LogP contribution is 2.33. The molecule has 0 saturated heterocycles. The fourth-order valence-corrected chi connectivity index (χ4v) is 2.90. The van der Waals surface area contributed by atoms with E-state index in [4.69, 9.17) is 39.5 Å². The molecule has 8 heteroatoms. The molecule has 0 spiro atoms. The number of carbonyl (C=O) groups is 1. The van der Waals surface area contributed by atoms with Gasteiger partial charge < -0.3 is 9.84 Å². The van der Waals surface area contributed by atoms with E-state index in [0.29, 0.717) is 39.3 Å². The summed E-state index contributed by atoms with van der Waals surface area (Å²) in [5.74, 6) is -1.10. The van der Waals surface area contributed by atoms with Gasteiger partial charge in [0.2, 0.25) is 0 Å². The molecule has 110 valence electrons. The van der Waals surface area contributed by atoms with Crippen LogP contribution in [0.15, 0.2) is 12.1 Å². The Balaban J connectivity index is 2.24. The Hall–Kier alpha value is -1.27. The summed E-state index contributed by atoms with van der Waals surface area (Å²) in [6.45, 7) is 0.715. The fourth-order valence-electron chi connectivity index (χ4n) is 2.28. The molecule has 0 aliphatic carbocycles. The van der Waals surface area contributed by atoms with Crippen LogP contribution >= 0.6 is 34.8 Å². The minimum atomic E-state index is -1.10. The zero-order valence-electron chi connectivity index (χ0n) is 10.6. The van der Waals surface area contributed by atoms with Crippen molar-refractivity contribution in [2.45, 2.75) is 13.0 Å². The highest BCUT2D eigenvalue weighted by atomic mass is 35.5. The molecular formula is C13H9Cl3N2O3. The maximum Gasteiger partial charge on any atom is 0.356 e. The number of carboxylic acids is 1. The van der Waals surface area contributed by atoms with Gasteiger partial charge in [-0.25, -0.2) is 9.48 Å². The van der Waals surface area contributed by atoms with Gasteiger partial charge in [0.15, 0.2) is 5.69 Å². The van der Waals surface area contributed by atoms with E-state index in [1.807, 2.05) is 0 Å². The van der Waals surface area contributed by atoms with E-state index in [0.717, 1.165) is 5.69 Å². The summed E-state index contributed by atoms with van der Waals surface area (Å²) >= 11 is 18.1. The average molecular weight is 348 g/mol. The van der Waals surface area contributed by atoms with Crippen LogP contribution in [0.5, 0.6) is 0 Å². The average Bonchev–Trinajstić information content (AvgIpc) is 2.82. The van der Waals surface area contributed by atoms with Gasteiger partial charge in [-0.2, -0.15) is 5.10 Å². The van der Waals surface area contributed by atoms with Gasteiger partial charge in [-0.05, 0) is 12.1 Å². The van der Waals surface area contributed by atoms with Crippen LogP contribution in [0, 0.1) is 0 Å². The number of hydrogen-bond acceptors (Lipinski definition) is 3. The van der Waals surface area contributed by atoms with Crippen LogP contribution in [0.25, 0.3) is 5.69 Å². The van der Waals surface area contributed by atoms with E-state index in [1.54, 1.807) is 6.07 Å². The molecule has 3 rings (SSSR count). The highest BCUT2D eigenvalue weighted by Gasteiger charge is 2.26. The first kappa shape index (κ1) is 14.7. The van der Waals surface area contributed by atoms with E-state index in [1.165, 1.54) is 10.7 Å². The normalized spacial score (nSPS) is 14.0. The van der Waals surface area contributed by atoms with Crippen LogP contribution in [-0.2, 0) is 17.8 Å². The van der Waals surface area contributed by atoms with Crippen LogP contribution < -0.4 is 0 Å². The monoisotopic (exact) mass is 346 g/mol. The molecule has 1 aliphatic rings. The molecule has 0 radical (unpaired) electrons. The predicted octanol–water partition coefficient (Wildman–Crippen LogP) is 3.60. The van der Waals surface area contributed by atoms with Crippen LogP contribution in [0.2, 0.25) is 15.1 Å². The Labute approximate surface area is 135 Å². The summed E-state index contributed by atoms with van der Waals surface area (Å²) in [6.07, 6.45) is 0.548. The molecule has 5 nitrogen and oxygen atoms in total. The van der Waals surface area contributed by atoms with Crippen molar-refractivity contribution in [2.75, 3.05) is 6.61 Å². The highest BCUT2D eigenvalue weighted by molar-refractivity contribution is 6.43. The Kier molecular flexibility index (Phi) is 3.84. The van der Waals surface area contributed by atoms with Gasteiger partial charge >= 0.3 is 5.97 Å². The van der Waals surface area contributed by atoms with Gasteiger partial charge in [0.25, 0.3) is 0 Å². The smallest absolute Gasteiger partial charge is 0.356 e. The Morgan fingerprint density at radius 2 is 1.95 bits per heavy atom. The van der Waals surface area contributed by atoms with Crippen molar-refractivity contribution < 1.29 is 14.6 Å². The molecule has 0 atom stereocenters. The number of carboxylic acid groups (broad SMARTS) is 1. The van der Waals surface area contributed by atoms with Gasteiger partial charge in [-0.15, -0.1) is 0 Å². The second kappa shape index (κ2) is 5.50. The largest absolute Gasteiger partial charge is 0.476 e. The van der Waals surface area contributed by atoms with Crippen LogP contribution in [0.4, 0.5) is 0 Å². The quantitative estimate of drug-likeness (QED) is 0.843. The lowest BCUT2D eigenvalue weighted by atomic mass is 10.1. The van der Waals surface area contributed by atoms with Gasteiger partial charge in [-0.3, -0.25) is 0 Å². The maximum atomic E-state index is 11.3. The molecule has 0 unspecified atom stereocenters. The summed E-state index contributed by atoms with van der Waals surface area (Å²) in [6, 6.07) is 3.08. The minimum absolute atomic E-state index is 0.0353. The number of benzene rings is 1. The summed E-state index contributed by atoms with van der Waals surface area (Å²) in [5, 5.41) is 14.4. The first-order valence-corrected chi connectivity index (χ1v) is 7.19. The molecule has 21 heavy (non-hydrogen) atoms. The van der Waals surface area contributed by atoms with Crippen LogP contribution in [0.3, 0.4) is 0 Å². The van der Waals surface area contributed by atoms with Crippen molar-refractivity contribution in [3.63, 3.8) is 0 Å². The van der Waals surface area contributed by atoms with Crippen molar-refractivity contribution in [3.8, 4) is 5.69 Å². The zero-order valence-corrected chi connectivity index (χ0v) is 12.8. The molecule has 0 amide bonds. The molecule has 0 saturated carbocycles. The minimum Gasteiger partial charge on any atom is -0.476 e. The molecule has 2 aromatic rings. The Bertz CT molecular complexity index is 743. The summed E-state index contributed by atoms with van der Waals surface area (Å²) < 4.78 is 6.82. The lowest BCUT2D eigenvalue weighted by molar-refractivity contribution is 0.0677. The standard InChI is InChI=1S/C13H9Cl3N2O3/c14-7-3-9(16)11(4-8(7)15)18-10-1-2-21-5-6(10)12(17-18)13(19)20/h3-4H,1-2,5H2,(H,19,20). The van der Waals surface area contributed by atoms with Gasteiger partial charge in [-0.1, -0.05) is 34.8 Å². The topological polar surface area (TPSA) is 64.3 Å². The number of nitrogens with zero attached hydrogens (tertiary/aromatic N) is 2. The summed E-state index contributed by atoms with van der Waals surface area (Å²) in [4.78, 5) is 11.3. The second-order valence-corrected chi connectivity index (χ2v) is 5.73. The van der Waals surface area contributed by atoms with E-state index < -0.39 is 5.97 Å². The lowest BCUT2D eigenvalue weighted by Gasteiger charge is -2.15. The maximum absolute atomic E-state index is 11.3. The third kappa shape index (κ3) is 2.51. The molecule has 2 heterocycles. The number of aromatic nitrogens is 2. The molecule has 1 aromatic heterocycles. The molecular weight excluding hydrogens is 339 g/mol. The number of halogens is 3. The molecule has 1 aliphatic heterocycles. The molecule has 1 aromatic carbocycles. The zero-order chi connectivity index (χ0) is 15.1. The molecule has 1 N–H and O–H groups in total. The SMILES string of the molecule is O=C(O)c1nn(-c2cc(Cl)c(Cl)cc2Cl)c2c1COCC2. The predicted molar refractivity (Wildman–Crippen MR) is 78.9 cm³/mol. The third-order valence-corrected chi connectivity index (χ3v) is 4.26. The number of ether oxygens (including phenoxy) is 1. The molecule has 0 bridgehead atoms. The van der Waals surface area contributed by atoms with Crippen molar-refractivity contribution in [1.29, 1.82) is 0 Å². The third-order valence-electron chi connectivity index (χ3n) is 3.24. The van der Waals surface area contributed by atoms with Crippen molar-refractivity contribution >= 4 is 40.8 Å². The Morgan fingerprint density at radius 3 is 2.67 bits per heavy atom. The first-order chi connectivity index (χ1) is 9.99. The summed E-state index contributed by atoms with van der Waals surface area (Å²) in [5.41, 5.74) is 1.79. The van der Waals surface area contributed by atoms with Crippen molar-refractivity contribution in [1.82, 2.24) is 9.78 Å². The molecule has 0 fully saturated rings. The van der Waals surface area contributed by atoms with Gasteiger partial charge in [0, 0.05) is 12.0 Å². The number of rotatable bonds is 2. The van der Waals surface area contributed by atoms with Crippen LogP contribution in [-0.4, -0.2) is 27.5 Å². The van der Waals surface area contributed by atoms with E-state index in [-0.39, 0.29) is 12.3 Å². The number of hydrogen-bond donors (Lipinski definition) is 1. The second-order valence-electron chi connectivity index (χ2n) is 4.51. The van der Waals surface area contributed by atoms with E-state index in [9.17, 15) is 9.90 Å². The van der Waals surface area contributed by atoms with Crippen molar-refractivity contribution in [2.24, 2.45) is 0 Å². The number of fused-ring (bicyclic) bond motifs is 1. The Morgan fingerprint density at radius 1 is 1.24 bits per heavy atom. The lowest BCUT2D eigenvalue weighted by Crippen LogP contribution is -2.14. The number of aromatic carboxylic acids is 1. The van der Waals surface area contributed by atoms with Gasteiger partial charge in [0.05, 0.1) is 39.7 Å².